The zero-order chi connectivity index (χ0) is 16.0. The fraction of sp³-hybridized carbons (Fsp3) is 0.200. The van der Waals surface area contributed by atoms with E-state index in [9.17, 15) is 4.39 Å². The molecule has 0 amide bonds. The predicted octanol–water partition coefficient (Wildman–Crippen LogP) is 5.50. The topological polar surface area (TPSA) is 4.93 Å². The van der Waals surface area contributed by atoms with E-state index in [1.165, 1.54) is 40.9 Å². The van der Waals surface area contributed by atoms with Crippen LogP contribution in [0.5, 0.6) is 0 Å². The number of hydrogen-bond acceptors (Lipinski definition) is 1. The van der Waals surface area contributed by atoms with Gasteiger partial charge in [-0.3, -0.25) is 0 Å². The summed E-state index contributed by atoms with van der Waals surface area (Å²) in [5.41, 5.74) is 7.18. The van der Waals surface area contributed by atoms with Crippen LogP contribution in [0.4, 0.5) is 4.39 Å². The molecule has 2 aromatic carbocycles. The fourth-order valence-electron chi connectivity index (χ4n) is 3.49. The molecule has 0 saturated heterocycles. The number of hydrogen-bond donors (Lipinski definition) is 1. The van der Waals surface area contributed by atoms with Gasteiger partial charge in [0.15, 0.2) is 0 Å². The lowest BCUT2D eigenvalue weighted by Gasteiger charge is -2.10. The second-order valence-electron chi connectivity index (χ2n) is 6.19. The zero-order valence-electron chi connectivity index (χ0n) is 13.0. The van der Waals surface area contributed by atoms with Crippen LogP contribution in [0.2, 0.25) is 0 Å². The third kappa shape index (κ3) is 2.49. The van der Waals surface area contributed by atoms with Gasteiger partial charge in [0.2, 0.25) is 0 Å². The predicted molar refractivity (Wildman–Crippen MR) is 95.6 cm³/mol. The molecule has 3 heteroatoms. The van der Waals surface area contributed by atoms with E-state index < -0.39 is 0 Å². The van der Waals surface area contributed by atoms with Gasteiger partial charge in [-0.2, -0.15) is 0 Å². The molecule has 1 aromatic heterocycles. The van der Waals surface area contributed by atoms with Gasteiger partial charge in [0.25, 0.3) is 0 Å². The van der Waals surface area contributed by atoms with Crippen LogP contribution in [0.1, 0.15) is 17.7 Å². The Kier molecular flexibility index (Phi) is 3.53. The Bertz CT molecular complexity index is 877. The molecule has 116 valence electrons. The van der Waals surface area contributed by atoms with E-state index in [1.54, 1.807) is 0 Å². The van der Waals surface area contributed by atoms with Gasteiger partial charge in [-0.15, -0.1) is 12.6 Å². The minimum Gasteiger partial charge on any atom is -0.350 e. The summed E-state index contributed by atoms with van der Waals surface area (Å²) in [4.78, 5) is 0.984. The Balaban J connectivity index is 1.95. The zero-order valence-corrected chi connectivity index (χ0v) is 13.9. The summed E-state index contributed by atoms with van der Waals surface area (Å²) in [6.07, 6.45) is 4.47. The molecule has 0 atom stereocenters. The molecule has 0 spiro atoms. The summed E-state index contributed by atoms with van der Waals surface area (Å²) in [6.45, 7) is 3.13. The van der Waals surface area contributed by atoms with Gasteiger partial charge in [0.1, 0.15) is 5.82 Å². The number of fused-ring (bicyclic) bond motifs is 1. The van der Waals surface area contributed by atoms with Gasteiger partial charge < -0.3 is 4.57 Å². The van der Waals surface area contributed by atoms with Crippen LogP contribution in [0.15, 0.2) is 53.6 Å². The average molecular weight is 323 g/mol. The maximum atomic E-state index is 13.3. The van der Waals surface area contributed by atoms with Crippen molar-refractivity contribution in [2.24, 2.45) is 0 Å². The first-order valence-corrected chi connectivity index (χ1v) is 8.36. The maximum absolute atomic E-state index is 13.3. The van der Waals surface area contributed by atoms with Gasteiger partial charge in [0, 0.05) is 34.5 Å². The van der Waals surface area contributed by atoms with Crippen LogP contribution < -0.4 is 0 Å². The van der Waals surface area contributed by atoms with Crippen molar-refractivity contribution in [2.75, 3.05) is 0 Å². The van der Waals surface area contributed by atoms with E-state index in [0.717, 1.165) is 29.0 Å². The van der Waals surface area contributed by atoms with Crippen molar-refractivity contribution < 1.29 is 4.39 Å². The second kappa shape index (κ2) is 5.57. The Morgan fingerprint density at radius 1 is 1.04 bits per heavy atom. The molecule has 0 saturated carbocycles. The summed E-state index contributed by atoms with van der Waals surface area (Å²) in [5, 5.41) is 0. The summed E-state index contributed by atoms with van der Waals surface area (Å²) in [6, 6.07) is 13.2. The minimum absolute atomic E-state index is 0.198. The number of halogens is 1. The van der Waals surface area contributed by atoms with Gasteiger partial charge in [-0.05, 0) is 54.7 Å². The molecule has 0 fully saturated rings. The second-order valence-corrected chi connectivity index (χ2v) is 6.67. The highest BCUT2D eigenvalue weighted by Crippen LogP contribution is 2.41. The van der Waals surface area contributed by atoms with Crippen LogP contribution in [0, 0.1) is 12.7 Å². The normalized spacial score (nSPS) is 13.3. The first-order chi connectivity index (χ1) is 11.1. The molecule has 1 aliphatic heterocycles. The highest BCUT2D eigenvalue weighted by Gasteiger charge is 2.22. The van der Waals surface area contributed by atoms with Crippen molar-refractivity contribution in [2.45, 2.75) is 31.2 Å². The molecule has 4 rings (SSSR count). The Labute approximate surface area is 141 Å². The van der Waals surface area contributed by atoms with E-state index in [4.69, 9.17) is 0 Å². The summed E-state index contributed by atoms with van der Waals surface area (Å²) in [7, 11) is 0. The largest absolute Gasteiger partial charge is 0.350 e. The Morgan fingerprint density at radius 2 is 1.83 bits per heavy atom. The van der Waals surface area contributed by atoms with E-state index in [-0.39, 0.29) is 5.82 Å². The molecule has 0 bridgehead atoms. The van der Waals surface area contributed by atoms with Crippen molar-refractivity contribution in [1.82, 2.24) is 4.57 Å². The molecule has 3 aromatic rings. The van der Waals surface area contributed by atoms with Crippen molar-refractivity contribution in [3.8, 4) is 22.3 Å². The van der Waals surface area contributed by atoms with Crippen LogP contribution >= 0.6 is 12.6 Å². The molecule has 1 aliphatic rings. The van der Waals surface area contributed by atoms with Crippen LogP contribution in [0.25, 0.3) is 22.3 Å². The number of benzene rings is 2. The number of rotatable bonds is 2. The molecule has 0 radical (unpaired) electrons. The van der Waals surface area contributed by atoms with Gasteiger partial charge in [0.05, 0.1) is 0 Å². The summed E-state index contributed by atoms with van der Waals surface area (Å²) >= 11 is 4.68. The molecule has 2 heterocycles. The van der Waals surface area contributed by atoms with Gasteiger partial charge in [-0.25, -0.2) is 4.39 Å². The third-order valence-corrected chi connectivity index (χ3v) is 4.95. The molecule has 0 N–H and O–H groups in total. The lowest BCUT2D eigenvalue weighted by Crippen LogP contribution is -1.89. The highest BCUT2D eigenvalue weighted by atomic mass is 32.1. The molecular formula is C20H18FNS. The van der Waals surface area contributed by atoms with E-state index >= 15 is 0 Å². The number of thiol groups is 1. The number of aromatic nitrogens is 1. The quantitative estimate of drug-likeness (QED) is 0.594. The lowest BCUT2D eigenvalue weighted by atomic mass is 9.95. The van der Waals surface area contributed by atoms with Crippen molar-refractivity contribution in [3.05, 3.63) is 65.7 Å². The molecule has 1 nitrogen and oxygen atoms in total. The standard InChI is InChI=1S/C20H18FNS/c1-13-4-9-16(19(23)11-13)17-12-22-10-2-3-18(22)20(17)14-5-7-15(21)8-6-14/h4-9,11-12,23H,2-3,10H2,1H3. The maximum Gasteiger partial charge on any atom is 0.123 e. The van der Waals surface area contributed by atoms with E-state index in [2.05, 4.69) is 48.5 Å². The fourth-order valence-corrected chi connectivity index (χ4v) is 3.89. The SMILES string of the molecule is Cc1ccc(-c2cn3c(c2-c2ccc(F)cc2)CCC3)c(S)c1. The van der Waals surface area contributed by atoms with Crippen molar-refractivity contribution >= 4 is 12.6 Å². The Hall–Kier alpha value is -2.00. The molecule has 0 aliphatic carbocycles. The first kappa shape index (κ1) is 14.6. The monoisotopic (exact) mass is 323 g/mol. The molecular weight excluding hydrogens is 305 g/mol. The molecule has 0 unspecified atom stereocenters. The Morgan fingerprint density at radius 3 is 2.57 bits per heavy atom. The van der Waals surface area contributed by atoms with Gasteiger partial charge >= 0.3 is 0 Å². The smallest absolute Gasteiger partial charge is 0.123 e. The van der Waals surface area contributed by atoms with Crippen molar-refractivity contribution in [3.63, 3.8) is 0 Å². The third-order valence-electron chi connectivity index (χ3n) is 4.58. The first-order valence-electron chi connectivity index (χ1n) is 7.91. The number of aryl methyl sites for hydroxylation is 2. The van der Waals surface area contributed by atoms with Crippen molar-refractivity contribution in [1.29, 1.82) is 0 Å². The molecule has 23 heavy (non-hydrogen) atoms. The average Bonchev–Trinajstić information content (AvgIpc) is 3.09. The number of nitrogens with zero attached hydrogens (tertiary/aromatic N) is 1. The summed E-state index contributed by atoms with van der Waals surface area (Å²) < 4.78 is 15.7. The highest BCUT2D eigenvalue weighted by molar-refractivity contribution is 7.80. The lowest BCUT2D eigenvalue weighted by molar-refractivity contribution is 0.628. The van der Waals surface area contributed by atoms with Crippen LogP contribution in [-0.2, 0) is 13.0 Å². The van der Waals surface area contributed by atoms with E-state index in [0.29, 0.717) is 0 Å². The van der Waals surface area contributed by atoms with E-state index in [1.807, 2.05) is 12.1 Å². The van der Waals surface area contributed by atoms with Gasteiger partial charge in [-0.1, -0.05) is 24.3 Å². The summed E-state index contributed by atoms with van der Waals surface area (Å²) in [5.74, 6) is -0.198. The van der Waals surface area contributed by atoms with Crippen LogP contribution in [-0.4, -0.2) is 4.57 Å². The minimum atomic E-state index is -0.198. The van der Waals surface area contributed by atoms with Crippen LogP contribution in [0.3, 0.4) is 0 Å².